The van der Waals surface area contributed by atoms with Crippen molar-refractivity contribution in [2.24, 2.45) is 0 Å². The van der Waals surface area contributed by atoms with Crippen LogP contribution in [0.2, 0.25) is 5.28 Å². The summed E-state index contributed by atoms with van der Waals surface area (Å²) in [6.45, 7) is 1.84. The highest BCUT2D eigenvalue weighted by Gasteiger charge is 2.17. The maximum atomic E-state index is 13.2. The van der Waals surface area contributed by atoms with Crippen LogP contribution in [-0.4, -0.2) is 28.0 Å². The number of anilines is 3. The van der Waals surface area contributed by atoms with Crippen LogP contribution >= 0.6 is 27.5 Å². The lowest BCUT2D eigenvalue weighted by molar-refractivity contribution is 0.621. The van der Waals surface area contributed by atoms with Gasteiger partial charge in [-0.3, -0.25) is 0 Å². The Morgan fingerprint density at radius 3 is 2.67 bits per heavy atom. The van der Waals surface area contributed by atoms with Crippen LogP contribution in [0.5, 0.6) is 0 Å². The van der Waals surface area contributed by atoms with Crippen LogP contribution in [0.3, 0.4) is 0 Å². The van der Waals surface area contributed by atoms with Gasteiger partial charge in [0.25, 0.3) is 0 Å². The van der Waals surface area contributed by atoms with Crippen LogP contribution in [0.25, 0.3) is 0 Å². The number of halogens is 3. The Bertz CT molecular complexity index is 663. The number of aromatic nitrogens is 3. The molecule has 8 heteroatoms. The van der Waals surface area contributed by atoms with Crippen molar-refractivity contribution in [2.75, 3.05) is 23.3 Å². The van der Waals surface area contributed by atoms with E-state index in [9.17, 15) is 4.39 Å². The molecule has 1 aliphatic heterocycles. The number of hydrogen-bond donors (Lipinski definition) is 1. The highest BCUT2D eigenvalue weighted by Crippen LogP contribution is 2.24. The van der Waals surface area contributed by atoms with Crippen LogP contribution in [0.1, 0.15) is 12.8 Å². The quantitative estimate of drug-likeness (QED) is 0.889. The molecule has 0 amide bonds. The van der Waals surface area contributed by atoms with Gasteiger partial charge in [0.15, 0.2) is 0 Å². The fourth-order valence-corrected chi connectivity index (χ4v) is 2.69. The highest BCUT2D eigenvalue weighted by atomic mass is 79.9. The van der Waals surface area contributed by atoms with E-state index in [1.54, 1.807) is 12.1 Å². The molecule has 5 nitrogen and oxygen atoms in total. The summed E-state index contributed by atoms with van der Waals surface area (Å²) in [5.41, 5.74) is 0.665. The SMILES string of the molecule is Fc1ccc(Nc2nc(Cl)nc(N3CCCC3)n2)cc1Br. The predicted molar refractivity (Wildman–Crippen MR) is 83.7 cm³/mol. The Labute approximate surface area is 134 Å². The lowest BCUT2D eigenvalue weighted by atomic mass is 10.3. The van der Waals surface area contributed by atoms with Crippen LogP contribution in [0.4, 0.5) is 22.0 Å². The Hall–Kier alpha value is -1.47. The van der Waals surface area contributed by atoms with E-state index in [0.29, 0.717) is 22.1 Å². The third-order valence-corrected chi connectivity index (χ3v) is 3.94. The zero-order chi connectivity index (χ0) is 14.8. The molecule has 110 valence electrons. The number of rotatable bonds is 3. The van der Waals surface area contributed by atoms with E-state index in [1.165, 1.54) is 6.07 Å². The molecule has 0 unspecified atom stereocenters. The van der Waals surface area contributed by atoms with Gasteiger partial charge in [-0.25, -0.2) is 4.39 Å². The van der Waals surface area contributed by atoms with Gasteiger partial charge < -0.3 is 10.2 Å². The van der Waals surface area contributed by atoms with Crippen molar-refractivity contribution < 1.29 is 4.39 Å². The van der Waals surface area contributed by atoms with Gasteiger partial charge in [-0.15, -0.1) is 0 Å². The molecule has 1 fully saturated rings. The Kier molecular flexibility index (Phi) is 4.21. The van der Waals surface area contributed by atoms with Crippen LogP contribution in [0.15, 0.2) is 22.7 Å². The molecule has 2 heterocycles. The van der Waals surface area contributed by atoms with Gasteiger partial charge in [0, 0.05) is 18.8 Å². The number of benzene rings is 1. The van der Waals surface area contributed by atoms with Gasteiger partial charge in [-0.05, 0) is 58.6 Å². The molecule has 1 N–H and O–H groups in total. The zero-order valence-electron chi connectivity index (χ0n) is 11.0. The molecule has 0 atom stereocenters. The van der Waals surface area contributed by atoms with Crippen molar-refractivity contribution in [1.82, 2.24) is 15.0 Å². The molecule has 1 aliphatic rings. The Morgan fingerprint density at radius 2 is 1.95 bits per heavy atom. The minimum atomic E-state index is -0.327. The summed E-state index contributed by atoms with van der Waals surface area (Å²) in [7, 11) is 0. The fraction of sp³-hybridized carbons (Fsp3) is 0.308. The van der Waals surface area contributed by atoms with Gasteiger partial charge in [-0.2, -0.15) is 15.0 Å². The Morgan fingerprint density at radius 1 is 1.19 bits per heavy atom. The van der Waals surface area contributed by atoms with Crippen molar-refractivity contribution in [3.8, 4) is 0 Å². The van der Waals surface area contributed by atoms with Gasteiger partial charge in [0.2, 0.25) is 17.2 Å². The summed E-state index contributed by atoms with van der Waals surface area (Å²) >= 11 is 9.09. The second-order valence-electron chi connectivity index (χ2n) is 4.68. The average Bonchev–Trinajstić information content (AvgIpc) is 2.96. The smallest absolute Gasteiger partial charge is 0.233 e. The van der Waals surface area contributed by atoms with E-state index in [-0.39, 0.29) is 11.1 Å². The van der Waals surface area contributed by atoms with E-state index < -0.39 is 0 Å². The topological polar surface area (TPSA) is 53.9 Å². The van der Waals surface area contributed by atoms with Crippen LogP contribution in [0, 0.1) is 5.82 Å². The molecule has 2 aromatic rings. The maximum absolute atomic E-state index is 13.2. The molecule has 0 radical (unpaired) electrons. The summed E-state index contributed by atoms with van der Waals surface area (Å²) in [4.78, 5) is 14.6. The first-order chi connectivity index (χ1) is 10.1. The van der Waals surface area contributed by atoms with Crippen molar-refractivity contribution in [1.29, 1.82) is 0 Å². The molecule has 1 aromatic carbocycles. The first-order valence-corrected chi connectivity index (χ1v) is 7.67. The maximum Gasteiger partial charge on any atom is 0.233 e. The molecule has 21 heavy (non-hydrogen) atoms. The molecular formula is C13H12BrClFN5. The second kappa shape index (κ2) is 6.11. The predicted octanol–water partition coefficient (Wildman–Crippen LogP) is 3.77. The van der Waals surface area contributed by atoms with Gasteiger partial charge in [-0.1, -0.05) is 0 Å². The standard InChI is InChI=1S/C13H12BrClFN5/c14-9-7-8(3-4-10(9)16)17-12-18-11(15)19-13(20-12)21-5-1-2-6-21/h3-4,7H,1-2,5-6H2,(H,17,18,19,20). The summed E-state index contributed by atoms with van der Waals surface area (Å²) in [5, 5.41) is 3.14. The van der Waals surface area contributed by atoms with Gasteiger partial charge in [0.05, 0.1) is 4.47 Å². The van der Waals surface area contributed by atoms with E-state index in [1.807, 2.05) is 0 Å². The van der Waals surface area contributed by atoms with Gasteiger partial charge in [0.1, 0.15) is 5.82 Å². The lowest BCUT2D eigenvalue weighted by Crippen LogP contribution is -2.21. The first kappa shape index (κ1) is 14.5. The molecular weight excluding hydrogens is 361 g/mol. The molecule has 0 bridgehead atoms. The summed E-state index contributed by atoms with van der Waals surface area (Å²) in [6, 6.07) is 4.58. The highest BCUT2D eigenvalue weighted by molar-refractivity contribution is 9.10. The molecule has 3 rings (SSSR count). The molecule has 0 spiro atoms. The monoisotopic (exact) mass is 371 g/mol. The third kappa shape index (κ3) is 3.41. The van der Waals surface area contributed by atoms with E-state index in [0.717, 1.165) is 25.9 Å². The minimum Gasteiger partial charge on any atom is -0.341 e. The van der Waals surface area contributed by atoms with E-state index >= 15 is 0 Å². The summed E-state index contributed by atoms with van der Waals surface area (Å²) < 4.78 is 13.6. The van der Waals surface area contributed by atoms with E-state index in [4.69, 9.17) is 11.6 Å². The molecule has 1 aromatic heterocycles. The minimum absolute atomic E-state index is 0.135. The van der Waals surface area contributed by atoms with Crippen LogP contribution < -0.4 is 10.2 Å². The normalized spacial score (nSPS) is 14.5. The fourth-order valence-electron chi connectivity index (χ4n) is 2.16. The Balaban J connectivity index is 1.85. The third-order valence-electron chi connectivity index (χ3n) is 3.16. The second-order valence-corrected chi connectivity index (χ2v) is 5.87. The molecule has 0 aliphatic carbocycles. The van der Waals surface area contributed by atoms with Crippen molar-refractivity contribution in [3.63, 3.8) is 0 Å². The number of nitrogens with one attached hydrogen (secondary N) is 1. The van der Waals surface area contributed by atoms with Crippen LogP contribution in [-0.2, 0) is 0 Å². The molecule has 1 saturated heterocycles. The number of nitrogens with zero attached hydrogens (tertiary/aromatic N) is 4. The zero-order valence-corrected chi connectivity index (χ0v) is 13.3. The number of hydrogen-bond acceptors (Lipinski definition) is 5. The lowest BCUT2D eigenvalue weighted by Gasteiger charge is -2.15. The molecule has 0 saturated carbocycles. The average molecular weight is 373 g/mol. The van der Waals surface area contributed by atoms with Crippen molar-refractivity contribution in [3.05, 3.63) is 33.8 Å². The van der Waals surface area contributed by atoms with E-state index in [2.05, 4.69) is 41.1 Å². The summed E-state index contributed by atoms with van der Waals surface area (Å²) in [5.74, 6) is 0.582. The summed E-state index contributed by atoms with van der Waals surface area (Å²) in [6.07, 6.45) is 2.24. The van der Waals surface area contributed by atoms with Crippen molar-refractivity contribution >= 4 is 45.1 Å². The van der Waals surface area contributed by atoms with Gasteiger partial charge >= 0.3 is 0 Å². The first-order valence-electron chi connectivity index (χ1n) is 6.50. The van der Waals surface area contributed by atoms with Crippen molar-refractivity contribution in [2.45, 2.75) is 12.8 Å². The largest absolute Gasteiger partial charge is 0.341 e.